The van der Waals surface area contributed by atoms with Gasteiger partial charge in [-0.2, -0.15) is 0 Å². The Morgan fingerprint density at radius 3 is 1.67 bits per heavy atom. The Morgan fingerprint density at radius 1 is 0.800 bits per heavy atom. The molecule has 0 aromatic heterocycles. The molecule has 2 aromatic rings. The van der Waals surface area contributed by atoms with E-state index in [-0.39, 0.29) is 19.6 Å². The smallest absolute Gasteiger partial charge is 0.320 e. The lowest BCUT2D eigenvalue weighted by Crippen LogP contribution is -2.35. The van der Waals surface area contributed by atoms with Crippen LogP contribution in [0.5, 0.6) is 0 Å². The van der Waals surface area contributed by atoms with Gasteiger partial charge < -0.3 is 14.2 Å². The predicted molar refractivity (Wildman–Crippen MR) is 111 cm³/mol. The maximum Gasteiger partial charge on any atom is 0.320 e. The van der Waals surface area contributed by atoms with Gasteiger partial charge in [0, 0.05) is 6.42 Å². The average molecular weight is 412 g/mol. The lowest BCUT2D eigenvalue weighted by molar-refractivity contribution is -0.167. The summed E-state index contributed by atoms with van der Waals surface area (Å²) in [4.78, 5) is 37.6. The van der Waals surface area contributed by atoms with Crippen LogP contribution in [0.25, 0.3) is 0 Å². The highest BCUT2D eigenvalue weighted by atomic mass is 16.6. The first-order valence-corrected chi connectivity index (χ1v) is 10.0. The van der Waals surface area contributed by atoms with Crippen LogP contribution in [0.4, 0.5) is 0 Å². The fourth-order valence-corrected chi connectivity index (χ4v) is 3.17. The van der Waals surface area contributed by atoms with E-state index in [1.165, 1.54) is 7.11 Å². The zero-order valence-electron chi connectivity index (χ0n) is 17.4. The molecule has 160 valence electrons. The molecule has 0 radical (unpaired) electrons. The summed E-state index contributed by atoms with van der Waals surface area (Å²) in [5.41, 5.74) is 1.62. The van der Waals surface area contributed by atoms with Crippen LogP contribution in [0.15, 0.2) is 60.7 Å². The number of esters is 3. The zero-order chi connectivity index (χ0) is 21.8. The van der Waals surface area contributed by atoms with E-state index in [1.807, 2.05) is 67.6 Å². The van der Waals surface area contributed by atoms with Gasteiger partial charge in [-0.3, -0.25) is 14.4 Å². The first-order chi connectivity index (χ1) is 14.5. The van der Waals surface area contributed by atoms with E-state index in [1.54, 1.807) is 0 Å². The van der Waals surface area contributed by atoms with Crippen molar-refractivity contribution in [2.75, 3.05) is 7.11 Å². The van der Waals surface area contributed by atoms with Crippen molar-refractivity contribution in [3.05, 3.63) is 71.8 Å². The van der Waals surface area contributed by atoms with Crippen LogP contribution in [-0.4, -0.2) is 25.0 Å². The van der Waals surface area contributed by atoms with Gasteiger partial charge in [0.1, 0.15) is 13.2 Å². The summed E-state index contributed by atoms with van der Waals surface area (Å²) in [7, 11) is 1.28. The molecule has 0 amide bonds. The molecule has 0 heterocycles. The fourth-order valence-electron chi connectivity index (χ4n) is 3.17. The van der Waals surface area contributed by atoms with Gasteiger partial charge in [0.2, 0.25) is 0 Å². The number of ether oxygens (including phenoxy) is 3. The summed E-state index contributed by atoms with van der Waals surface area (Å²) in [6, 6.07) is 18.4. The van der Waals surface area contributed by atoms with E-state index >= 15 is 0 Å². The minimum atomic E-state index is -1.20. The summed E-state index contributed by atoms with van der Waals surface area (Å²) in [5, 5.41) is 0. The van der Waals surface area contributed by atoms with E-state index in [0.717, 1.165) is 11.1 Å². The molecule has 2 aromatic carbocycles. The Bertz CT molecular complexity index is 747. The number of benzene rings is 2. The van der Waals surface area contributed by atoms with Gasteiger partial charge in [0.15, 0.2) is 5.92 Å². The summed E-state index contributed by atoms with van der Waals surface area (Å²) in [6.45, 7) is 2.00. The summed E-state index contributed by atoms with van der Waals surface area (Å²) in [5.74, 6) is -3.63. The van der Waals surface area contributed by atoms with Gasteiger partial charge in [-0.15, -0.1) is 0 Å². The number of hydrogen-bond acceptors (Lipinski definition) is 6. The van der Waals surface area contributed by atoms with Crippen LogP contribution in [0.3, 0.4) is 0 Å². The third kappa shape index (κ3) is 7.35. The lowest BCUT2D eigenvalue weighted by Gasteiger charge is -2.23. The molecule has 0 spiro atoms. The highest BCUT2D eigenvalue weighted by Gasteiger charge is 2.38. The number of hydrogen-bond donors (Lipinski definition) is 0. The number of rotatable bonds is 11. The summed E-state index contributed by atoms with van der Waals surface area (Å²) in [6.07, 6.45) is 1.12. The summed E-state index contributed by atoms with van der Waals surface area (Å²) < 4.78 is 15.6. The molecule has 0 saturated heterocycles. The van der Waals surface area contributed by atoms with Crippen molar-refractivity contribution in [1.29, 1.82) is 0 Å². The fraction of sp³-hybridized carbons (Fsp3) is 0.375. The Kier molecular flexibility index (Phi) is 9.58. The minimum Gasteiger partial charge on any atom is -0.469 e. The third-order valence-corrected chi connectivity index (χ3v) is 4.74. The van der Waals surface area contributed by atoms with Crippen LogP contribution in [0.2, 0.25) is 0 Å². The van der Waals surface area contributed by atoms with Crippen LogP contribution in [0, 0.1) is 11.8 Å². The second kappa shape index (κ2) is 12.4. The molecule has 0 saturated carbocycles. The highest BCUT2D eigenvalue weighted by molar-refractivity contribution is 5.95. The zero-order valence-corrected chi connectivity index (χ0v) is 17.4. The second-order valence-electron chi connectivity index (χ2n) is 6.99. The highest BCUT2D eigenvalue weighted by Crippen LogP contribution is 2.26. The van der Waals surface area contributed by atoms with Crippen LogP contribution < -0.4 is 0 Å². The van der Waals surface area contributed by atoms with Crippen molar-refractivity contribution in [3.63, 3.8) is 0 Å². The predicted octanol–water partition coefficient (Wildman–Crippen LogP) is 4.07. The van der Waals surface area contributed by atoms with Crippen LogP contribution in [0.1, 0.15) is 37.3 Å². The Balaban J connectivity index is 2.14. The average Bonchev–Trinajstić information content (AvgIpc) is 2.78. The monoisotopic (exact) mass is 412 g/mol. The standard InChI is InChI=1S/C24H28O6/c1-3-10-20(15-21(25)28-2)22(23(26)29-16-18-11-6-4-7-12-18)24(27)30-17-19-13-8-5-9-14-19/h4-9,11-14,20,22H,3,10,15-17H2,1-2H3/t20-/m1/s1. The van der Waals surface area contributed by atoms with E-state index in [0.29, 0.717) is 12.8 Å². The summed E-state index contributed by atoms with van der Waals surface area (Å²) >= 11 is 0. The van der Waals surface area contributed by atoms with Crippen LogP contribution >= 0.6 is 0 Å². The normalized spacial score (nSPS) is 11.6. The molecule has 0 aliphatic carbocycles. The molecule has 1 atom stereocenters. The van der Waals surface area contributed by atoms with Crippen molar-refractivity contribution >= 4 is 17.9 Å². The molecule has 6 heteroatoms. The van der Waals surface area contributed by atoms with Gasteiger partial charge in [-0.25, -0.2) is 0 Å². The maximum absolute atomic E-state index is 12.9. The number of carbonyl (C=O) groups is 3. The van der Waals surface area contributed by atoms with Crippen LogP contribution in [-0.2, 0) is 41.8 Å². The van der Waals surface area contributed by atoms with Gasteiger partial charge in [-0.05, 0) is 23.5 Å². The molecule has 0 aliphatic rings. The molecule has 0 fully saturated rings. The van der Waals surface area contributed by atoms with E-state index < -0.39 is 29.7 Å². The molecule has 0 bridgehead atoms. The van der Waals surface area contributed by atoms with E-state index in [9.17, 15) is 14.4 Å². The minimum absolute atomic E-state index is 0.0409. The van der Waals surface area contributed by atoms with Crippen molar-refractivity contribution in [2.45, 2.75) is 39.4 Å². The molecule has 0 unspecified atom stereocenters. The Morgan fingerprint density at radius 2 is 1.27 bits per heavy atom. The second-order valence-corrected chi connectivity index (χ2v) is 6.99. The lowest BCUT2D eigenvalue weighted by atomic mass is 9.85. The SMILES string of the molecule is CCC[C@H](CC(=O)OC)C(C(=O)OCc1ccccc1)C(=O)OCc1ccccc1. The molecule has 30 heavy (non-hydrogen) atoms. The van der Waals surface area contributed by atoms with Gasteiger partial charge in [0.05, 0.1) is 7.11 Å². The van der Waals surface area contributed by atoms with E-state index in [2.05, 4.69) is 0 Å². The van der Waals surface area contributed by atoms with Crippen molar-refractivity contribution in [1.82, 2.24) is 0 Å². The Hall–Kier alpha value is -3.15. The third-order valence-electron chi connectivity index (χ3n) is 4.74. The van der Waals surface area contributed by atoms with E-state index in [4.69, 9.17) is 14.2 Å². The van der Waals surface area contributed by atoms with Crippen molar-refractivity contribution in [3.8, 4) is 0 Å². The number of carbonyl (C=O) groups excluding carboxylic acids is 3. The molecule has 6 nitrogen and oxygen atoms in total. The van der Waals surface area contributed by atoms with Crippen molar-refractivity contribution in [2.24, 2.45) is 11.8 Å². The molecule has 2 rings (SSSR count). The van der Waals surface area contributed by atoms with Gasteiger partial charge in [0.25, 0.3) is 0 Å². The first kappa shape index (κ1) is 23.1. The first-order valence-electron chi connectivity index (χ1n) is 10.0. The topological polar surface area (TPSA) is 78.9 Å². The quantitative estimate of drug-likeness (QED) is 0.314. The maximum atomic E-state index is 12.9. The van der Waals surface area contributed by atoms with Gasteiger partial charge in [-0.1, -0.05) is 74.0 Å². The largest absolute Gasteiger partial charge is 0.469 e. The van der Waals surface area contributed by atoms with Gasteiger partial charge >= 0.3 is 17.9 Å². The molecule has 0 N–H and O–H groups in total. The van der Waals surface area contributed by atoms with Crippen molar-refractivity contribution < 1.29 is 28.6 Å². The molecular formula is C24H28O6. The molecule has 0 aliphatic heterocycles. The number of methoxy groups -OCH3 is 1. The Labute approximate surface area is 177 Å². The molecular weight excluding hydrogens is 384 g/mol.